The minimum atomic E-state index is -1.11. The van der Waals surface area contributed by atoms with Gasteiger partial charge in [-0.15, -0.1) is 0 Å². The summed E-state index contributed by atoms with van der Waals surface area (Å²) in [5, 5.41) is 9.34. The molecule has 0 aliphatic heterocycles. The quantitative estimate of drug-likeness (QED) is 0.243. The third-order valence-corrected chi connectivity index (χ3v) is 8.33. The SMILES string of the molecule is COc1ccc(F)c(-c2ccc(COc3cccc(C(CC(=O)O)CC4CC4)c3)cc2[S+](O)C(C)C)c1. The van der Waals surface area contributed by atoms with E-state index < -0.39 is 17.1 Å². The van der Waals surface area contributed by atoms with Crippen molar-refractivity contribution in [3.05, 3.63) is 77.6 Å². The summed E-state index contributed by atoms with van der Waals surface area (Å²) in [5.41, 5.74) is 2.83. The molecule has 0 amide bonds. The minimum Gasteiger partial charge on any atom is -0.497 e. The first kappa shape index (κ1) is 27.0. The number of halogens is 1. The number of hydrogen-bond donors (Lipinski definition) is 2. The van der Waals surface area contributed by atoms with Crippen LogP contribution in [0.25, 0.3) is 11.1 Å². The molecule has 2 unspecified atom stereocenters. The van der Waals surface area contributed by atoms with Crippen LogP contribution in [0.3, 0.4) is 0 Å². The van der Waals surface area contributed by atoms with Crippen LogP contribution in [0.2, 0.25) is 0 Å². The molecule has 1 aliphatic carbocycles. The van der Waals surface area contributed by atoms with Crippen LogP contribution < -0.4 is 9.47 Å². The van der Waals surface area contributed by atoms with Gasteiger partial charge in [-0.2, -0.15) is 4.55 Å². The highest BCUT2D eigenvalue weighted by Crippen LogP contribution is 2.40. The van der Waals surface area contributed by atoms with Gasteiger partial charge < -0.3 is 14.6 Å². The maximum absolute atomic E-state index is 14.8. The van der Waals surface area contributed by atoms with Crippen molar-refractivity contribution in [3.8, 4) is 22.6 Å². The van der Waals surface area contributed by atoms with Crippen LogP contribution >= 0.6 is 0 Å². The van der Waals surface area contributed by atoms with Crippen molar-refractivity contribution in [2.45, 2.75) is 62.2 Å². The molecule has 0 heterocycles. The number of benzene rings is 3. The summed E-state index contributed by atoms with van der Waals surface area (Å²) in [7, 11) is 1.54. The van der Waals surface area contributed by atoms with E-state index in [2.05, 4.69) is 0 Å². The van der Waals surface area contributed by atoms with Crippen molar-refractivity contribution >= 4 is 17.1 Å². The highest BCUT2D eigenvalue weighted by Gasteiger charge is 2.30. The Kier molecular flexibility index (Phi) is 8.77. The molecule has 0 radical (unpaired) electrons. The molecule has 1 aliphatic rings. The van der Waals surface area contributed by atoms with E-state index in [0.717, 1.165) is 17.5 Å². The van der Waals surface area contributed by atoms with E-state index in [1.54, 1.807) is 12.1 Å². The molecule has 7 heteroatoms. The fourth-order valence-electron chi connectivity index (χ4n) is 4.47. The average Bonchev–Trinajstić information content (AvgIpc) is 3.71. The Labute approximate surface area is 220 Å². The molecule has 2 atom stereocenters. The summed E-state index contributed by atoms with van der Waals surface area (Å²) in [6, 6.07) is 17.8. The van der Waals surface area contributed by atoms with Crippen LogP contribution in [0.5, 0.6) is 11.5 Å². The van der Waals surface area contributed by atoms with Gasteiger partial charge in [-0.1, -0.05) is 31.0 Å². The lowest BCUT2D eigenvalue weighted by Crippen LogP contribution is -2.15. The summed E-state index contributed by atoms with van der Waals surface area (Å²) < 4.78 is 37.1. The van der Waals surface area contributed by atoms with Gasteiger partial charge in [-0.3, -0.25) is 4.79 Å². The van der Waals surface area contributed by atoms with Crippen molar-refractivity contribution in [1.82, 2.24) is 0 Å². The van der Waals surface area contributed by atoms with E-state index in [4.69, 9.17) is 9.47 Å². The van der Waals surface area contributed by atoms with Crippen LogP contribution in [0, 0.1) is 11.7 Å². The number of hydrogen-bond acceptors (Lipinski definition) is 4. The zero-order valence-electron chi connectivity index (χ0n) is 21.4. The van der Waals surface area contributed by atoms with Crippen LogP contribution in [0.1, 0.15) is 56.6 Å². The Morgan fingerprint density at radius 2 is 1.84 bits per heavy atom. The van der Waals surface area contributed by atoms with Crippen molar-refractivity contribution in [1.29, 1.82) is 0 Å². The molecule has 1 fully saturated rings. The molecule has 0 saturated heterocycles. The van der Waals surface area contributed by atoms with E-state index in [-0.39, 0.29) is 30.0 Å². The highest BCUT2D eigenvalue weighted by atomic mass is 32.2. The fourth-order valence-corrected chi connectivity index (χ4v) is 5.66. The lowest BCUT2D eigenvalue weighted by molar-refractivity contribution is -0.137. The zero-order chi connectivity index (χ0) is 26.5. The van der Waals surface area contributed by atoms with Gasteiger partial charge in [0.2, 0.25) is 0 Å². The Balaban J connectivity index is 1.57. The summed E-state index contributed by atoms with van der Waals surface area (Å²) >= 11 is -1.11. The predicted molar refractivity (Wildman–Crippen MR) is 145 cm³/mol. The Morgan fingerprint density at radius 1 is 1.05 bits per heavy atom. The summed E-state index contributed by atoms with van der Waals surface area (Å²) in [5.74, 6) is 0.625. The molecule has 5 nitrogen and oxygen atoms in total. The number of aliphatic carboxylic acids is 1. The molecular formula is C30H34FO5S+. The lowest BCUT2D eigenvalue weighted by Gasteiger charge is -2.17. The molecule has 0 spiro atoms. The molecule has 3 aromatic rings. The van der Waals surface area contributed by atoms with Crippen LogP contribution in [-0.4, -0.2) is 28.0 Å². The maximum Gasteiger partial charge on any atom is 0.303 e. The fraction of sp³-hybridized carbons (Fsp3) is 0.367. The van der Waals surface area contributed by atoms with E-state index >= 15 is 0 Å². The van der Waals surface area contributed by atoms with Gasteiger partial charge in [0.25, 0.3) is 0 Å². The number of methoxy groups -OCH3 is 1. The van der Waals surface area contributed by atoms with Gasteiger partial charge in [0, 0.05) is 17.2 Å². The Hall–Kier alpha value is -3.03. The van der Waals surface area contributed by atoms with E-state index in [0.29, 0.717) is 33.4 Å². The second kappa shape index (κ2) is 12.0. The molecule has 4 rings (SSSR count). The minimum absolute atomic E-state index is 0.0282. The first-order valence-electron chi connectivity index (χ1n) is 12.6. The first-order valence-corrected chi connectivity index (χ1v) is 13.8. The average molecular weight is 526 g/mol. The molecule has 0 aromatic heterocycles. The van der Waals surface area contributed by atoms with Crippen LogP contribution in [-0.2, 0) is 22.6 Å². The molecule has 0 bridgehead atoms. The van der Waals surface area contributed by atoms with Gasteiger partial charge in [0.05, 0.1) is 13.5 Å². The number of carboxylic acids is 1. The third kappa shape index (κ3) is 7.05. The highest BCUT2D eigenvalue weighted by molar-refractivity contribution is 7.92. The monoisotopic (exact) mass is 525 g/mol. The third-order valence-electron chi connectivity index (χ3n) is 6.65. The van der Waals surface area contributed by atoms with E-state index in [1.165, 1.54) is 26.0 Å². The molecule has 2 N–H and O–H groups in total. The van der Waals surface area contributed by atoms with E-state index in [1.807, 2.05) is 56.3 Å². The van der Waals surface area contributed by atoms with Gasteiger partial charge in [-0.25, -0.2) is 4.39 Å². The van der Waals surface area contributed by atoms with E-state index in [9.17, 15) is 18.8 Å². The van der Waals surface area contributed by atoms with Gasteiger partial charge in [0.15, 0.2) is 21.3 Å². The molecule has 1 saturated carbocycles. The number of rotatable bonds is 12. The predicted octanol–water partition coefficient (Wildman–Crippen LogP) is 7.30. The number of carboxylic acid groups (broad SMARTS) is 1. The van der Waals surface area contributed by atoms with Crippen molar-refractivity contribution in [3.63, 3.8) is 0 Å². The molecule has 37 heavy (non-hydrogen) atoms. The van der Waals surface area contributed by atoms with Crippen molar-refractivity contribution in [2.24, 2.45) is 5.92 Å². The number of ether oxygens (including phenoxy) is 2. The van der Waals surface area contributed by atoms with Crippen LogP contribution in [0.15, 0.2) is 65.6 Å². The lowest BCUT2D eigenvalue weighted by atomic mass is 9.90. The standard InChI is InChI=1S/C30H33FO5S/c1-19(2)37(34)29-14-21(9-11-26(29)27-17-24(35-3)10-12-28(27)31)18-36-25-6-4-5-22(15-25)23(16-30(32)33)13-20-7-8-20/h4-6,9-12,14-15,17,19-20,23,34H,7-8,13,16,18H2,1-3H3/p+1. The molecule has 3 aromatic carbocycles. The van der Waals surface area contributed by atoms with Gasteiger partial charge >= 0.3 is 5.97 Å². The Morgan fingerprint density at radius 3 is 2.51 bits per heavy atom. The van der Waals surface area contributed by atoms with Crippen LogP contribution in [0.4, 0.5) is 4.39 Å². The molecule has 196 valence electrons. The van der Waals surface area contributed by atoms with Crippen molar-refractivity contribution < 1.29 is 28.3 Å². The van der Waals surface area contributed by atoms with Gasteiger partial charge in [-0.05, 0) is 79.6 Å². The molecular weight excluding hydrogens is 491 g/mol. The topological polar surface area (TPSA) is 76.0 Å². The second-order valence-corrected chi connectivity index (χ2v) is 11.9. The van der Waals surface area contributed by atoms with Gasteiger partial charge in [0.1, 0.15) is 23.9 Å². The summed E-state index contributed by atoms with van der Waals surface area (Å²) in [6.45, 7) is 4.12. The smallest absolute Gasteiger partial charge is 0.303 e. The second-order valence-electron chi connectivity index (χ2n) is 9.87. The maximum atomic E-state index is 14.8. The summed E-state index contributed by atoms with van der Waals surface area (Å²) in [6.07, 6.45) is 3.34. The normalized spacial score (nSPS) is 14.9. The first-order chi connectivity index (χ1) is 17.7. The zero-order valence-corrected chi connectivity index (χ0v) is 22.3. The number of carbonyl (C=O) groups is 1. The summed E-state index contributed by atoms with van der Waals surface area (Å²) in [4.78, 5) is 12.1. The van der Waals surface area contributed by atoms with Crippen molar-refractivity contribution in [2.75, 3.05) is 7.11 Å². The largest absolute Gasteiger partial charge is 0.497 e. The Bertz CT molecular complexity index is 1240.